The lowest BCUT2D eigenvalue weighted by atomic mass is 10.1. The van der Waals surface area contributed by atoms with Crippen LogP contribution in [0.4, 0.5) is 0 Å². The number of hydrogen-bond acceptors (Lipinski definition) is 2. The van der Waals surface area contributed by atoms with E-state index in [1.165, 1.54) is 11.1 Å². The maximum atomic E-state index is 5.64. The number of likely N-dealkylation sites (N-methyl/N-ethyl adjacent to an activating group) is 1. The molecule has 0 fully saturated rings. The van der Waals surface area contributed by atoms with Gasteiger partial charge >= 0.3 is 0 Å². The standard InChI is InChI=1S/C13H20BrNO/c1-9(2)16-8-13(15-4)11-6-5-10(3)12(14)7-11/h5-7,9,13,15H,8H2,1-4H3. The summed E-state index contributed by atoms with van der Waals surface area (Å²) in [6, 6.07) is 6.67. The summed E-state index contributed by atoms with van der Waals surface area (Å²) >= 11 is 3.55. The molecule has 3 heteroatoms. The minimum Gasteiger partial charge on any atom is -0.377 e. The van der Waals surface area contributed by atoms with Crippen LogP contribution in [0.5, 0.6) is 0 Å². The highest BCUT2D eigenvalue weighted by Gasteiger charge is 2.11. The van der Waals surface area contributed by atoms with Crippen LogP contribution in [0, 0.1) is 6.92 Å². The van der Waals surface area contributed by atoms with Gasteiger partial charge in [-0.15, -0.1) is 0 Å². The van der Waals surface area contributed by atoms with E-state index < -0.39 is 0 Å². The zero-order valence-electron chi connectivity index (χ0n) is 10.4. The van der Waals surface area contributed by atoms with Crippen LogP contribution in [0.25, 0.3) is 0 Å². The third-order valence-electron chi connectivity index (χ3n) is 2.54. The number of hydrogen-bond donors (Lipinski definition) is 1. The summed E-state index contributed by atoms with van der Waals surface area (Å²) in [7, 11) is 1.96. The van der Waals surface area contributed by atoms with E-state index in [0.29, 0.717) is 6.61 Å². The van der Waals surface area contributed by atoms with Gasteiger partial charge in [-0.2, -0.15) is 0 Å². The number of nitrogens with one attached hydrogen (secondary N) is 1. The topological polar surface area (TPSA) is 21.3 Å². The van der Waals surface area contributed by atoms with Crippen molar-refractivity contribution in [1.82, 2.24) is 5.32 Å². The first-order valence-electron chi connectivity index (χ1n) is 5.59. The number of ether oxygens (including phenoxy) is 1. The SMILES string of the molecule is CNC(COC(C)C)c1ccc(C)c(Br)c1. The average molecular weight is 286 g/mol. The van der Waals surface area contributed by atoms with Gasteiger partial charge in [0.1, 0.15) is 0 Å². The van der Waals surface area contributed by atoms with Crippen molar-refractivity contribution >= 4 is 15.9 Å². The first-order valence-corrected chi connectivity index (χ1v) is 6.38. The highest BCUT2D eigenvalue weighted by molar-refractivity contribution is 9.10. The molecule has 1 aromatic carbocycles. The monoisotopic (exact) mass is 285 g/mol. The Kier molecular flexibility index (Phi) is 5.46. The van der Waals surface area contributed by atoms with Gasteiger partial charge in [-0.3, -0.25) is 0 Å². The van der Waals surface area contributed by atoms with E-state index in [0.717, 1.165) is 4.47 Å². The molecule has 1 aromatic rings. The molecule has 0 saturated heterocycles. The fourth-order valence-electron chi connectivity index (χ4n) is 1.46. The van der Waals surface area contributed by atoms with Crippen molar-refractivity contribution in [1.29, 1.82) is 0 Å². The van der Waals surface area contributed by atoms with E-state index in [1.807, 2.05) is 7.05 Å². The molecule has 0 aliphatic carbocycles. The molecule has 0 spiro atoms. The average Bonchev–Trinajstić information content (AvgIpc) is 2.23. The van der Waals surface area contributed by atoms with Crippen molar-refractivity contribution in [2.45, 2.75) is 32.9 Å². The molecular weight excluding hydrogens is 266 g/mol. The zero-order valence-corrected chi connectivity index (χ0v) is 12.0. The van der Waals surface area contributed by atoms with E-state index in [4.69, 9.17) is 4.74 Å². The third-order valence-corrected chi connectivity index (χ3v) is 3.40. The van der Waals surface area contributed by atoms with Crippen LogP contribution < -0.4 is 5.32 Å². The number of aryl methyl sites for hydroxylation is 1. The lowest BCUT2D eigenvalue weighted by Crippen LogP contribution is -2.23. The Hall–Kier alpha value is -0.380. The minimum absolute atomic E-state index is 0.249. The Morgan fingerprint density at radius 1 is 1.38 bits per heavy atom. The first kappa shape index (κ1) is 13.7. The quantitative estimate of drug-likeness (QED) is 0.895. The molecule has 1 rings (SSSR count). The van der Waals surface area contributed by atoms with Crippen molar-refractivity contribution in [2.75, 3.05) is 13.7 Å². The van der Waals surface area contributed by atoms with Crippen LogP contribution in [0.1, 0.15) is 31.0 Å². The molecule has 0 aliphatic heterocycles. The Bertz CT molecular complexity index is 339. The van der Waals surface area contributed by atoms with Crippen LogP contribution in [0.2, 0.25) is 0 Å². The van der Waals surface area contributed by atoms with Crippen LogP contribution in [-0.4, -0.2) is 19.8 Å². The fourth-order valence-corrected chi connectivity index (χ4v) is 1.86. The van der Waals surface area contributed by atoms with E-state index in [1.54, 1.807) is 0 Å². The summed E-state index contributed by atoms with van der Waals surface area (Å²) in [5.41, 5.74) is 2.50. The van der Waals surface area contributed by atoms with Crippen LogP contribution in [-0.2, 0) is 4.74 Å². The van der Waals surface area contributed by atoms with E-state index >= 15 is 0 Å². The van der Waals surface area contributed by atoms with Crippen LogP contribution >= 0.6 is 15.9 Å². The molecule has 90 valence electrons. The van der Waals surface area contributed by atoms with Gasteiger partial charge in [-0.1, -0.05) is 28.1 Å². The minimum atomic E-state index is 0.249. The van der Waals surface area contributed by atoms with Crippen molar-refractivity contribution < 1.29 is 4.74 Å². The highest BCUT2D eigenvalue weighted by atomic mass is 79.9. The smallest absolute Gasteiger partial charge is 0.0664 e. The third kappa shape index (κ3) is 3.89. The van der Waals surface area contributed by atoms with Gasteiger partial charge in [0.2, 0.25) is 0 Å². The molecule has 2 nitrogen and oxygen atoms in total. The van der Waals surface area contributed by atoms with Gasteiger partial charge in [-0.05, 0) is 45.0 Å². The maximum Gasteiger partial charge on any atom is 0.0664 e. The number of halogens is 1. The molecule has 16 heavy (non-hydrogen) atoms. The van der Waals surface area contributed by atoms with Crippen molar-refractivity contribution in [3.05, 3.63) is 33.8 Å². The van der Waals surface area contributed by atoms with Gasteiger partial charge in [0.25, 0.3) is 0 Å². The molecule has 0 bridgehead atoms. The predicted octanol–water partition coefficient (Wildman–Crippen LogP) is 3.44. The second kappa shape index (κ2) is 6.38. The molecule has 0 radical (unpaired) electrons. The number of benzene rings is 1. The summed E-state index contributed by atoms with van der Waals surface area (Å²) in [6.07, 6.45) is 0.268. The lowest BCUT2D eigenvalue weighted by molar-refractivity contribution is 0.0626. The fraction of sp³-hybridized carbons (Fsp3) is 0.538. The predicted molar refractivity (Wildman–Crippen MR) is 71.8 cm³/mol. The maximum absolute atomic E-state index is 5.64. The van der Waals surface area contributed by atoms with Crippen LogP contribution in [0.3, 0.4) is 0 Å². The summed E-state index contributed by atoms with van der Waals surface area (Å²) in [4.78, 5) is 0. The van der Waals surface area contributed by atoms with E-state index in [-0.39, 0.29) is 12.1 Å². The lowest BCUT2D eigenvalue weighted by Gasteiger charge is -2.19. The van der Waals surface area contributed by atoms with Crippen LogP contribution in [0.15, 0.2) is 22.7 Å². The summed E-state index contributed by atoms with van der Waals surface area (Å²) in [6.45, 7) is 6.89. The van der Waals surface area contributed by atoms with Gasteiger partial charge < -0.3 is 10.1 Å². The Labute approximate surface area is 107 Å². The Morgan fingerprint density at radius 3 is 2.56 bits per heavy atom. The molecular formula is C13H20BrNO. The highest BCUT2D eigenvalue weighted by Crippen LogP contribution is 2.22. The molecule has 0 aliphatic rings. The molecule has 0 saturated carbocycles. The molecule has 0 heterocycles. The normalized spacial score (nSPS) is 13.1. The van der Waals surface area contributed by atoms with Crippen molar-refractivity contribution in [2.24, 2.45) is 0 Å². The summed E-state index contributed by atoms with van der Waals surface area (Å²) in [5.74, 6) is 0. The zero-order chi connectivity index (χ0) is 12.1. The van der Waals surface area contributed by atoms with E-state index in [9.17, 15) is 0 Å². The second-order valence-corrected chi connectivity index (χ2v) is 5.09. The molecule has 0 aromatic heterocycles. The second-order valence-electron chi connectivity index (χ2n) is 4.23. The Balaban J connectivity index is 2.74. The first-order chi connectivity index (χ1) is 7.54. The summed E-state index contributed by atoms with van der Waals surface area (Å²) in [5, 5.41) is 3.27. The van der Waals surface area contributed by atoms with Crippen molar-refractivity contribution in [3.8, 4) is 0 Å². The number of rotatable bonds is 5. The Morgan fingerprint density at radius 2 is 2.06 bits per heavy atom. The molecule has 1 unspecified atom stereocenters. The van der Waals surface area contributed by atoms with Gasteiger partial charge in [0.05, 0.1) is 18.8 Å². The van der Waals surface area contributed by atoms with Gasteiger partial charge in [0.15, 0.2) is 0 Å². The largest absolute Gasteiger partial charge is 0.377 e. The van der Waals surface area contributed by atoms with Gasteiger partial charge in [-0.25, -0.2) is 0 Å². The molecule has 1 N–H and O–H groups in total. The van der Waals surface area contributed by atoms with E-state index in [2.05, 4.69) is 60.2 Å². The molecule has 1 atom stereocenters. The molecule has 0 amide bonds. The van der Waals surface area contributed by atoms with Gasteiger partial charge in [0, 0.05) is 4.47 Å². The summed E-state index contributed by atoms with van der Waals surface area (Å²) < 4.78 is 6.79. The van der Waals surface area contributed by atoms with Crippen molar-refractivity contribution in [3.63, 3.8) is 0 Å².